The first-order valence-corrected chi connectivity index (χ1v) is 7.18. The fourth-order valence-corrected chi connectivity index (χ4v) is 2.11. The topological polar surface area (TPSA) is 21.3 Å². The summed E-state index contributed by atoms with van der Waals surface area (Å²) in [5, 5.41) is 3.39. The van der Waals surface area contributed by atoms with Crippen molar-refractivity contribution in [1.82, 2.24) is 5.32 Å². The molecule has 1 fully saturated rings. The summed E-state index contributed by atoms with van der Waals surface area (Å²) >= 11 is 0. The van der Waals surface area contributed by atoms with E-state index >= 15 is 0 Å². The number of nitrogens with one attached hydrogen (secondary N) is 1. The first-order chi connectivity index (χ1) is 8.79. The van der Waals surface area contributed by atoms with E-state index in [1.165, 1.54) is 30.4 Å². The molecule has 1 aromatic carbocycles. The molecular formula is C16H25NO. The van der Waals surface area contributed by atoms with E-state index in [2.05, 4.69) is 43.4 Å². The molecule has 0 radical (unpaired) electrons. The normalized spacial score (nSPS) is 16.8. The highest BCUT2D eigenvalue weighted by atomic mass is 16.5. The van der Waals surface area contributed by atoms with Crippen LogP contribution in [0.4, 0.5) is 0 Å². The van der Waals surface area contributed by atoms with Crippen LogP contribution in [0, 0.1) is 12.8 Å². The van der Waals surface area contributed by atoms with E-state index in [0.29, 0.717) is 0 Å². The standard InChI is InChI=1S/C16H25NO/c1-3-17-12-16(18-11-10-14-6-7-14)15-8-4-13(2)5-9-15/h4-5,8-9,14,16-17H,3,6-7,10-12H2,1-2H3. The van der Waals surface area contributed by atoms with Gasteiger partial charge in [0.2, 0.25) is 0 Å². The molecule has 1 aromatic rings. The van der Waals surface area contributed by atoms with Crippen LogP contribution in [-0.2, 0) is 4.74 Å². The molecular weight excluding hydrogens is 222 g/mol. The van der Waals surface area contributed by atoms with Crippen LogP contribution < -0.4 is 5.32 Å². The zero-order chi connectivity index (χ0) is 12.8. The highest BCUT2D eigenvalue weighted by Gasteiger charge is 2.21. The number of hydrogen-bond donors (Lipinski definition) is 1. The highest BCUT2D eigenvalue weighted by molar-refractivity contribution is 5.23. The first-order valence-electron chi connectivity index (χ1n) is 7.18. The molecule has 100 valence electrons. The van der Waals surface area contributed by atoms with Gasteiger partial charge in [0.25, 0.3) is 0 Å². The molecule has 1 atom stereocenters. The van der Waals surface area contributed by atoms with Gasteiger partial charge >= 0.3 is 0 Å². The minimum atomic E-state index is 0.198. The van der Waals surface area contributed by atoms with Gasteiger partial charge in [-0.25, -0.2) is 0 Å². The quantitative estimate of drug-likeness (QED) is 0.759. The van der Waals surface area contributed by atoms with Crippen LogP contribution in [0.5, 0.6) is 0 Å². The third-order valence-electron chi connectivity index (χ3n) is 3.57. The molecule has 0 heterocycles. The summed E-state index contributed by atoms with van der Waals surface area (Å²) < 4.78 is 6.06. The Morgan fingerprint density at radius 2 is 2.00 bits per heavy atom. The van der Waals surface area contributed by atoms with Crippen LogP contribution in [0.1, 0.15) is 43.4 Å². The molecule has 0 spiro atoms. The average Bonchev–Trinajstić information content (AvgIpc) is 3.19. The number of ether oxygens (including phenoxy) is 1. The smallest absolute Gasteiger partial charge is 0.0949 e. The minimum Gasteiger partial charge on any atom is -0.372 e. The third-order valence-corrected chi connectivity index (χ3v) is 3.57. The Bertz CT molecular complexity index is 343. The Kier molecular flexibility index (Phi) is 5.21. The van der Waals surface area contributed by atoms with Crippen molar-refractivity contribution < 1.29 is 4.74 Å². The van der Waals surface area contributed by atoms with Crippen LogP contribution in [0.3, 0.4) is 0 Å². The molecule has 1 N–H and O–H groups in total. The van der Waals surface area contributed by atoms with Crippen LogP contribution in [0.15, 0.2) is 24.3 Å². The Morgan fingerprint density at radius 1 is 1.28 bits per heavy atom. The van der Waals surface area contributed by atoms with E-state index in [4.69, 9.17) is 4.74 Å². The molecule has 1 saturated carbocycles. The molecule has 0 aliphatic heterocycles. The van der Waals surface area contributed by atoms with Crippen LogP contribution >= 0.6 is 0 Å². The van der Waals surface area contributed by atoms with Crippen molar-refractivity contribution in [3.05, 3.63) is 35.4 Å². The van der Waals surface area contributed by atoms with Crippen molar-refractivity contribution in [3.63, 3.8) is 0 Å². The van der Waals surface area contributed by atoms with Crippen molar-refractivity contribution in [1.29, 1.82) is 0 Å². The number of likely N-dealkylation sites (N-methyl/N-ethyl adjacent to an activating group) is 1. The summed E-state index contributed by atoms with van der Waals surface area (Å²) in [5.74, 6) is 0.947. The van der Waals surface area contributed by atoms with Crippen molar-refractivity contribution in [3.8, 4) is 0 Å². The van der Waals surface area contributed by atoms with Crippen molar-refractivity contribution in [2.75, 3.05) is 19.7 Å². The second-order valence-corrected chi connectivity index (χ2v) is 5.31. The fourth-order valence-electron chi connectivity index (χ4n) is 2.11. The Morgan fingerprint density at radius 3 is 2.61 bits per heavy atom. The van der Waals surface area contributed by atoms with E-state index in [1.54, 1.807) is 0 Å². The maximum absolute atomic E-state index is 6.06. The Balaban J connectivity index is 1.87. The number of aryl methyl sites for hydroxylation is 1. The van der Waals surface area contributed by atoms with Crippen molar-refractivity contribution in [2.24, 2.45) is 5.92 Å². The molecule has 0 aromatic heterocycles. The van der Waals surface area contributed by atoms with Gasteiger partial charge in [0.1, 0.15) is 0 Å². The predicted molar refractivity (Wildman–Crippen MR) is 75.8 cm³/mol. The minimum absolute atomic E-state index is 0.198. The molecule has 1 aliphatic rings. The van der Waals surface area contributed by atoms with Gasteiger partial charge in [-0.05, 0) is 31.4 Å². The Labute approximate surface area is 111 Å². The summed E-state index contributed by atoms with van der Waals surface area (Å²) in [4.78, 5) is 0. The van der Waals surface area contributed by atoms with Gasteiger partial charge in [0.05, 0.1) is 6.10 Å². The van der Waals surface area contributed by atoms with E-state index in [-0.39, 0.29) is 6.10 Å². The molecule has 18 heavy (non-hydrogen) atoms. The van der Waals surface area contributed by atoms with E-state index in [9.17, 15) is 0 Å². The van der Waals surface area contributed by atoms with E-state index < -0.39 is 0 Å². The molecule has 0 amide bonds. The highest BCUT2D eigenvalue weighted by Crippen LogP contribution is 2.32. The third kappa shape index (κ3) is 4.43. The van der Waals surface area contributed by atoms with Crippen LogP contribution in [0.25, 0.3) is 0 Å². The predicted octanol–water partition coefficient (Wildman–Crippen LogP) is 3.46. The lowest BCUT2D eigenvalue weighted by atomic mass is 10.1. The zero-order valence-electron chi connectivity index (χ0n) is 11.6. The number of hydrogen-bond acceptors (Lipinski definition) is 2. The van der Waals surface area contributed by atoms with Crippen LogP contribution in [-0.4, -0.2) is 19.7 Å². The summed E-state index contributed by atoms with van der Waals surface area (Å²) in [6.07, 6.45) is 4.25. The zero-order valence-corrected chi connectivity index (χ0v) is 11.6. The summed E-state index contributed by atoms with van der Waals surface area (Å²) in [5.41, 5.74) is 2.59. The molecule has 0 saturated heterocycles. The lowest BCUT2D eigenvalue weighted by Gasteiger charge is -2.19. The van der Waals surface area contributed by atoms with Gasteiger partial charge in [0, 0.05) is 13.2 Å². The van der Waals surface area contributed by atoms with E-state index in [0.717, 1.165) is 25.6 Å². The second-order valence-electron chi connectivity index (χ2n) is 5.31. The number of benzene rings is 1. The van der Waals surface area contributed by atoms with Crippen molar-refractivity contribution in [2.45, 2.75) is 39.2 Å². The van der Waals surface area contributed by atoms with Gasteiger partial charge in [-0.3, -0.25) is 0 Å². The summed E-state index contributed by atoms with van der Waals surface area (Å²) in [6.45, 7) is 7.06. The molecule has 2 nitrogen and oxygen atoms in total. The maximum atomic E-state index is 6.06. The molecule has 2 rings (SSSR count). The van der Waals surface area contributed by atoms with Gasteiger partial charge in [-0.1, -0.05) is 49.6 Å². The second kappa shape index (κ2) is 6.91. The fraction of sp³-hybridized carbons (Fsp3) is 0.625. The first kappa shape index (κ1) is 13.6. The molecule has 1 aliphatic carbocycles. The molecule has 1 unspecified atom stereocenters. The SMILES string of the molecule is CCNCC(OCCC1CC1)c1ccc(C)cc1. The van der Waals surface area contributed by atoms with Gasteiger partial charge < -0.3 is 10.1 Å². The lowest BCUT2D eigenvalue weighted by Crippen LogP contribution is -2.23. The van der Waals surface area contributed by atoms with Crippen LogP contribution in [0.2, 0.25) is 0 Å². The largest absolute Gasteiger partial charge is 0.372 e. The van der Waals surface area contributed by atoms with Gasteiger partial charge in [-0.2, -0.15) is 0 Å². The Hall–Kier alpha value is -0.860. The van der Waals surface area contributed by atoms with Crippen molar-refractivity contribution >= 4 is 0 Å². The lowest BCUT2D eigenvalue weighted by molar-refractivity contribution is 0.0489. The maximum Gasteiger partial charge on any atom is 0.0949 e. The number of rotatable bonds is 8. The van der Waals surface area contributed by atoms with Gasteiger partial charge in [0.15, 0.2) is 0 Å². The molecule has 0 bridgehead atoms. The average molecular weight is 247 g/mol. The van der Waals surface area contributed by atoms with Gasteiger partial charge in [-0.15, -0.1) is 0 Å². The monoisotopic (exact) mass is 247 g/mol. The summed E-state index contributed by atoms with van der Waals surface area (Å²) in [7, 11) is 0. The van der Waals surface area contributed by atoms with E-state index in [1.807, 2.05) is 0 Å². The molecule has 2 heteroatoms. The summed E-state index contributed by atoms with van der Waals surface area (Å²) in [6, 6.07) is 8.71.